The van der Waals surface area contributed by atoms with Gasteiger partial charge in [0.1, 0.15) is 0 Å². The first-order valence-corrected chi connectivity index (χ1v) is 6.89. The normalized spacial score (nSPS) is 12.6. The van der Waals surface area contributed by atoms with E-state index in [9.17, 15) is 9.90 Å². The van der Waals surface area contributed by atoms with Crippen molar-refractivity contribution in [1.82, 2.24) is 0 Å². The van der Waals surface area contributed by atoms with Crippen molar-refractivity contribution in [2.75, 3.05) is 7.11 Å². The second kappa shape index (κ2) is 6.90. The third-order valence-corrected chi connectivity index (χ3v) is 3.88. The topological polar surface area (TPSA) is 46.5 Å². The Kier molecular flexibility index (Phi) is 5.82. The second-order valence-corrected chi connectivity index (χ2v) is 5.07. The van der Waals surface area contributed by atoms with Gasteiger partial charge in [-0.15, -0.1) is 0 Å². The average Bonchev–Trinajstić information content (AvgIpc) is 2.40. The first-order chi connectivity index (χ1) is 8.54. The van der Waals surface area contributed by atoms with E-state index in [0.29, 0.717) is 11.5 Å². The van der Waals surface area contributed by atoms with E-state index in [1.54, 1.807) is 12.1 Å². The summed E-state index contributed by atoms with van der Waals surface area (Å²) in [5.41, 5.74) is 1.75. The van der Waals surface area contributed by atoms with Gasteiger partial charge >= 0.3 is 5.97 Å². The van der Waals surface area contributed by atoms with Crippen LogP contribution in [-0.2, 0) is 9.53 Å². The van der Waals surface area contributed by atoms with Crippen LogP contribution in [0.2, 0.25) is 0 Å². The highest BCUT2D eigenvalue weighted by atomic mass is 79.9. The number of esters is 1. The van der Waals surface area contributed by atoms with Crippen molar-refractivity contribution in [2.24, 2.45) is 0 Å². The highest BCUT2D eigenvalue weighted by Crippen LogP contribution is 2.32. The lowest BCUT2D eigenvalue weighted by atomic mass is 9.92. The van der Waals surface area contributed by atoms with Gasteiger partial charge in [-0.3, -0.25) is 0 Å². The van der Waals surface area contributed by atoms with Crippen LogP contribution < -0.4 is 0 Å². The first kappa shape index (κ1) is 15.2. The minimum Gasteiger partial charge on any atom is -0.467 e. The molecule has 0 aromatic heterocycles. The highest BCUT2D eigenvalue weighted by Gasteiger charge is 2.19. The second-order valence-electron chi connectivity index (χ2n) is 4.22. The lowest BCUT2D eigenvalue weighted by molar-refractivity contribution is -0.150. The molecule has 1 atom stereocenters. The number of halogens is 1. The number of hydrogen-bond donors (Lipinski definition) is 1. The molecule has 1 aromatic rings. The zero-order valence-corrected chi connectivity index (χ0v) is 12.5. The van der Waals surface area contributed by atoms with Crippen molar-refractivity contribution in [1.29, 1.82) is 0 Å². The summed E-state index contributed by atoms with van der Waals surface area (Å²) in [6, 6.07) is 5.53. The SMILES string of the molecule is CCC(CC)c1ccc(C(O)C(=O)OC)cc1Br. The minimum atomic E-state index is -1.22. The molecule has 0 saturated heterocycles. The number of rotatable bonds is 5. The number of carbonyl (C=O) groups is 1. The van der Waals surface area contributed by atoms with E-state index in [-0.39, 0.29) is 0 Å². The van der Waals surface area contributed by atoms with Crippen molar-refractivity contribution >= 4 is 21.9 Å². The molecule has 0 aliphatic heterocycles. The molecule has 100 valence electrons. The molecule has 1 aromatic carbocycles. The van der Waals surface area contributed by atoms with Gasteiger partial charge in [0.15, 0.2) is 6.10 Å². The number of hydrogen-bond acceptors (Lipinski definition) is 3. The van der Waals surface area contributed by atoms with Gasteiger partial charge in [0, 0.05) is 4.47 Å². The Labute approximate surface area is 116 Å². The fraction of sp³-hybridized carbons (Fsp3) is 0.500. The third-order valence-electron chi connectivity index (χ3n) is 3.19. The molecule has 1 N–H and O–H groups in total. The van der Waals surface area contributed by atoms with Crippen LogP contribution in [0.25, 0.3) is 0 Å². The molecule has 1 unspecified atom stereocenters. The Morgan fingerprint density at radius 1 is 1.39 bits per heavy atom. The van der Waals surface area contributed by atoms with Crippen molar-refractivity contribution < 1.29 is 14.6 Å². The summed E-state index contributed by atoms with van der Waals surface area (Å²) in [6.07, 6.45) is 0.907. The smallest absolute Gasteiger partial charge is 0.339 e. The summed E-state index contributed by atoms with van der Waals surface area (Å²) in [6.45, 7) is 4.30. The van der Waals surface area contributed by atoms with E-state index < -0.39 is 12.1 Å². The number of benzene rings is 1. The maximum Gasteiger partial charge on any atom is 0.339 e. The lowest BCUT2D eigenvalue weighted by Gasteiger charge is -2.17. The van der Waals surface area contributed by atoms with Gasteiger partial charge in [-0.25, -0.2) is 4.79 Å². The molecule has 0 radical (unpaired) electrons. The maximum absolute atomic E-state index is 11.3. The molecule has 18 heavy (non-hydrogen) atoms. The van der Waals surface area contributed by atoms with E-state index >= 15 is 0 Å². The van der Waals surface area contributed by atoms with Crippen molar-refractivity contribution in [3.63, 3.8) is 0 Å². The summed E-state index contributed by atoms with van der Waals surface area (Å²) in [7, 11) is 1.26. The molecule has 1 rings (SSSR count). The van der Waals surface area contributed by atoms with Gasteiger partial charge in [0.25, 0.3) is 0 Å². The number of carbonyl (C=O) groups excluding carboxylic acids is 1. The molecule has 0 aliphatic carbocycles. The van der Waals surface area contributed by atoms with Crippen LogP contribution in [0.4, 0.5) is 0 Å². The highest BCUT2D eigenvalue weighted by molar-refractivity contribution is 9.10. The summed E-state index contributed by atoms with van der Waals surface area (Å²) in [5.74, 6) is -0.152. The van der Waals surface area contributed by atoms with Gasteiger partial charge in [-0.05, 0) is 36.0 Å². The zero-order chi connectivity index (χ0) is 13.7. The summed E-state index contributed by atoms with van der Waals surface area (Å²) < 4.78 is 5.45. The molecule has 0 fully saturated rings. The Bertz CT molecular complexity index is 414. The van der Waals surface area contributed by atoms with Gasteiger partial charge in [0.2, 0.25) is 0 Å². The van der Waals surface area contributed by atoms with Crippen LogP contribution in [-0.4, -0.2) is 18.2 Å². The summed E-state index contributed by atoms with van der Waals surface area (Å²) in [5, 5.41) is 9.76. The lowest BCUT2D eigenvalue weighted by Crippen LogP contribution is -2.13. The van der Waals surface area contributed by atoms with Gasteiger partial charge in [-0.1, -0.05) is 41.9 Å². The van der Waals surface area contributed by atoms with E-state index in [1.807, 2.05) is 6.07 Å². The van der Waals surface area contributed by atoms with Crippen LogP contribution in [0.15, 0.2) is 22.7 Å². The largest absolute Gasteiger partial charge is 0.467 e. The fourth-order valence-corrected chi connectivity index (χ4v) is 2.74. The van der Waals surface area contributed by atoms with Crippen LogP contribution in [0.5, 0.6) is 0 Å². The van der Waals surface area contributed by atoms with Crippen LogP contribution >= 0.6 is 15.9 Å². The number of aliphatic hydroxyl groups excluding tert-OH is 1. The molecule has 3 nitrogen and oxygen atoms in total. The van der Waals surface area contributed by atoms with E-state index in [0.717, 1.165) is 17.3 Å². The molecule has 0 bridgehead atoms. The Hall–Kier alpha value is -0.870. The molecule has 0 amide bonds. The fourth-order valence-electron chi connectivity index (χ4n) is 2.02. The predicted octanol–water partition coefficient (Wildman–Crippen LogP) is 3.56. The van der Waals surface area contributed by atoms with Gasteiger partial charge in [-0.2, -0.15) is 0 Å². The van der Waals surface area contributed by atoms with Gasteiger partial charge in [0.05, 0.1) is 7.11 Å². The van der Waals surface area contributed by atoms with Crippen molar-refractivity contribution in [3.8, 4) is 0 Å². The molecule has 0 spiro atoms. The molecule has 4 heteroatoms. The Morgan fingerprint density at radius 2 is 2.00 bits per heavy atom. The summed E-state index contributed by atoms with van der Waals surface area (Å²) >= 11 is 3.51. The molecular formula is C14H19BrO3. The van der Waals surface area contributed by atoms with E-state index in [4.69, 9.17) is 0 Å². The van der Waals surface area contributed by atoms with Crippen LogP contribution in [0.1, 0.15) is 49.8 Å². The van der Waals surface area contributed by atoms with Crippen LogP contribution in [0.3, 0.4) is 0 Å². The van der Waals surface area contributed by atoms with Crippen molar-refractivity contribution in [3.05, 3.63) is 33.8 Å². The van der Waals surface area contributed by atoms with E-state index in [2.05, 4.69) is 34.5 Å². The zero-order valence-electron chi connectivity index (χ0n) is 10.9. The van der Waals surface area contributed by atoms with E-state index in [1.165, 1.54) is 12.7 Å². The van der Waals surface area contributed by atoms with Crippen LogP contribution in [0, 0.1) is 0 Å². The number of aliphatic hydroxyl groups is 1. The molecule has 0 saturated carbocycles. The average molecular weight is 315 g/mol. The first-order valence-electron chi connectivity index (χ1n) is 6.10. The monoisotopic (exact) mass is 314 g/mol. The van der Waals surface area contributed by atoms with Gasteiger partial charge < -0.3 is 9.84 Å². The minimum absolute atomic E-state index is 0.490. The quantitative estimate of drug-likeness (QED) is 0.845. The predicted molar refractivity (Wildman–Crippen MR) is 74.4 cm³/mol. The molecular weight excluding hydrogens is 296 g/mol. The third kappa shape index (κ3) is 3.33. The number of ether oxygens (including phenoxy) is 1. The maximum atomic E-state index is 11.3. The Balaban J connectivity index is 3.02. The molecule has 0 aliphatic rings. The number of methoxy groups -OCH3 is 1. The molecule has 0 heterocycles. The van der Waals surface area contributed by atoms with Crippen molar-refractivity contribution in [2.45, 2.75) is 38.7 Å². The standard InChI is InChI=1S/C14H19BrO3/c1-4-9(5-2)11-7-6-10(8-12(11)15)13(16)14(17)18-3/h6-9,13,16H,4-5H2,1-3H3. The summed E-state index contributed by atoms with van der Waals surface area (Å²) in [4.78, 5) is 11.3. The Morgan fingerprint density at radius 3 is 2.44 bits per heavy atom.